The first-order valence-corrected chi connectivity index (χ1v) is 6.20. The molecular formula is C15H21N3. The van der Waals surface area contributed by atoms with Crippen LogP contribution < -0.4 is 5.73 Å². The average Bonchev–Trinajstić information content (AvgIpc) is 2.56. The Hall–Kier alpha value is -1.77. The quantitative estimate of drug-likeness (QED) is 0.835. The minimum atomic E-state index is 0.145. The van der Waals surface area contributed by atoms with Gasteiger partial charge in [-0.05, 0) is 29.5 Å². The van der Waals surface area contributed by atoms with Gasteiger partial charge >= 0.3 is 0 Å². The zero-order valence-electron chi connectivity index (χ0n) is 11.8. The van der Waals surface area contributed by atoms with Crippen LogP contribution in [0.3, 0.4) is 0 Å². The minimum Gasteiger partial charge on any atom is -0.382 e. The van der Waals surface area contributed by atoms with Crippen molar-refractivity contribution in [2.24, 2.45) is 7.05 Å². The lowest BCUT2D eigenvalue weighted by molar-refractivity contribution is 0.590. The second kappa shape index (κ2) is 4.16. The average molecular weight is 243 g/mol. The Morgan fingerprint density at radius 1 is 1.17 bits per heavy atom. The highest BCUT2D eigenvalue weighted by molar-refractivity contribution is 5.67. The zero-order chi connectivity index (χ0) is 13.5. The maximum absolute atomic E-state index is 5.76. The third kappa shape index (κ3) is 2.26. The summed E-state index contributed by atoms with van der Waals surface area (Å²) < 4.78 is 1.84. The van der Waals surface area contributed by atoms with E-state index in [1.165, 1.54) is 16.7 Å². The number of aromatic nitrogens is 2. The summed E-state index contributed by atoms with van der Waals surface area (Å²) >= 11 is 0. The molecule has 0 aliphatic carbocycles. The SMILES string of the molecule is Cc1ccc(C(C)(C)C)cc1-c1cc(N)nn1C. The molecule has 2 aromatic rings. The van der Waals surface area contributed by atoms with Crippen LogP contribution in [0.2, 0.25) is 0 Å². The molecule has 0 atom stereocenters. The highest BCUT2D eigenvalue weighted by Crippen LogP contribution is 2.30. The number of nitrogens with two attached hydrogens (primary N) is 1. The van der Waals surface area contributed by atoms with Crippen LogP contribution in [0.4, 0.5) is 5.82 Å². The third-order valence-corrected chi connectivity index (χ3v) is 3.28. The van der Waals surface area contributed by atoms with Crippen molar-refractivity contribution < 1.29 is 0 Å². The molecule has 2 N–H and O–H groups in total. The van der Waals surface area contributed by atoms with E-state index >= 15 is 0 Å². The summed E-state index contributed by atoms with van der Waals surface area (Å²) in [7, 11) is 1.93. The van der Waals surface area contributed by atoms with E-state index in [4.69, 9.17) is 5.73 Å². The fourth-order valence-electron chi connectivity index (χ4n) is 2.11. The van der Waals surface area contributed by atoms with Crippen LogP contribution in [0.1, 0.15) is 31.9 Å². The number of hydrogen-bond donors (Lipinski definition) is 1. The second-order valence-electron chi connectivity index (χ2n) is 5.86. The second-order valence-corrected chi connectivity index (χ2v) is 5.86. The van der Waals surface area contributed by atoms with E-state index in [0.29, 0.717) is 5.82 Å². The molecule has 0 bridgehead atoms. The van der Waals surface area contributed by atoms with Crippen LogP contribution >= 0.6 is 0 Å². The van der Waals surface area contributed by atoms with Crippen molar-refractivity contribution in [1.82, 2.24) is 9.78 Å². The fraction of sp³-hybridized carbons (Fsp3) is 0.400. The van der Waals surface area contributed by atoms with E-state index in [9.17, 15) is 0 Å². The molecule has 18 heavy (non-hydrogen) atoms. The predicted molar refractivity (Wildman–Crippen MR) is 76.5 cm³/mol. The van der Waals surface area contributed by atoms with Crippen molar-refractivity contribution in [2.75, 3.05) is 5.73 Å². The van der Waals surface area contributed by atoms with Gasteiger partial charge in [0, 0.05) is 18.7 Å². The van der Waals surface area contributed by atoms with E-state index < -0.39 is 0 Å². The third-order valence-electron chi connectivity index (χ3n) is 3.28. The first-order valence-electron chi connectivity index (χ1n) is 6.20. The van der Waals surface area contributed by atoms with Crippen LogP contribution in [-0.2, 0) is 12.5 Å². The Labute approximate surface area is 109 Å². The van der Waals surface area contributed by atoms with Crippen molar-refractivity contribution >= 4 is 5.82 Å². The molecule has 1 heterocycles. The van der Waals surface area contributed by atoms with Gasteiger partial charge in [-0.15, -0.1) is 0 Å². The lowest BCUT2D eigenvalue weighted by atomic mass is 9.85. The van der Waals surface area contributed by atoms with E-state index in [-0.39, 0.29) is 5.41 Å². The largest absolute Gasteiger partial charge is 0.382 e. The molecule has 1 aromatic heterocycles. The smallest absolute Gasteiger partial charge is 0.146 e. The van der Waals surface area contributed by atoms with E-state index in [2.05, 4.69) is 51.0 Å². The Morgan fingerprint density at radius 2 is 1.83 bits per heavy atom. The standard InChI is InChI=1S/C15H21N3/c1-10-6-7-11(15(2,3)4)8-12(10)13-9-14(16)17-18(13)5/h6-9H,1-5H3,(H2,16,17). The van der Waals surface area contributed by atoms with Crippen LogP contribution in [0.15, 0.2) is 24.3 Å². The van der Waals surface area contributed by atoms with Crippen LogP contribution in [0.5, 0.6) is 0 Å². The summed E-state index contributed by atoms with van der Waals surface area (Å²) in [6.07, 6.45) is 0. The first-order chi connectivity index (χ1) is 8.29. The summed E-state index contributed by atoms with van der Waals surface area (Å²) in [5.41, 5.74) is 10.7. The number of anilines is 1. The molecule has 0 saturated heterocycles. The summed E-state index contributed by atoms with van der Waals surface area (Å²) in [4.78, 5) is 0. The Morgan fingerprint density at radius 3 is 2.33 bits per heavy atom. The highest BCUT2D eigenvalue weighted by Gasteiger charge is 2.16. The van der Waals surface area contributed by atoms with Crippen molar-refractivity contribution in [1.29, 1.82) is 0 Å². The first kappa shape index (κ1) is 12.7. The van der Waals surface area contributed by atoms with Gasteiger partial charge in [-0.25, -0.2) is 0 Å². The molecule has 1 aromatic carbocycles. The minimum absolute atomic E-state index is 0.145. The lowest BCUT2D eigenvalue weighted by Crippen LogP contribution is -2.11. The van der Waals surface area contributed by atoms with E-state index in [1.54, 1.807) is 0 Å². The number of rotatable bonds is 1. The van der Waals surface area contributed by atoms with Crippen LogP contribution in [0, 0.1) is 6.92 Å². The molecule has 0 fully saturated rings. The van der Waals surface area contributed by atoms with Gasteiger partial charge in [0.2, 0.25) is 0 Å². The molecule has 0 unspecified atom stereocenters. The molecule has 0 spiro atoms. The molecule has 0 aliphatic rings. The van der Waals surface area contributed by atoms with Gasteiger partial charge in [-0.3, -0.25) is 4.68 Å². The summed E-state index contributed by atoms with van der Waals surface area (Å²) in [6, 6.07) is 8.53. The molecule has 3 heteroatoms. The lowest BCUT2D eigenvalue weighted by Gasteiger charge is -2.20. The summed E-state index contributed by atoms with van der Waals surface area (Å²) in [5.74, 6) is 0.563. The monoisotopic (exact) mass is 243 g/mol. The van der Waals surface area contributed by atoms with Gasteiger partial charge in [0.05, 0.1) is 5.69 Å². The van der Waals surface area contributed by atoms with Gasteiger partial charge in [-0.2, -0.15) is 5.10 Å². The van der Waals surface area contributed by atoms with Crippen molar-refractivity contribution in [2.45, 2.75) is 33.1 Å². The van der Waals surface area contributed by atoms with Gasteiger partial charge in [0.15, 0.2) is 0 Å². The molecule has 0 radical (unpaired) electrons. The van der Waals surface area contributed by atoms with Crippen LogP contribution in [-0.4, -0.2) is 9.78 Å². The van der Waals surface area contributed by atoms with E-state index in [0.717, 1.165) is 5.69 Å². The number of benzene rings is 1. The molecule has 3 nitrogen and oxygen atoms in total. The van der Waals surface area contributed by atoms with Gasteiger partial charge < -0.3 is 5.73 Å². The molecular weight excluding hydrogens is 222 g/mol. The predicted octanol–water partition coefficient (Wildman–Crippen LogP) is 3.28. The molecule has 0 amide bonds. The van der Waals surface area contributed by atoms with Gasteiger partial charge in [-0.1, -0.05) is 32.9 Å². The number of nitrogen functional groups attached to an aromatic ring is 1. The Kier molecular flexibility index (Phi) is 2.93. The topological polar surface area (TPSA) is 43.8 Å². The molecule has 2 rings (SSSR count). The zero-order valence-corrected chi connectivity index (χ0v) is 11.8. The van der Waals surface area contributed by atoms with Crippen molar-refractivity contribution in [3.05, 3.63) is 35.4 Å². The van der Waals surface area contributed by atoms with Gasteiger partial charge in [0.1, 0.15) is 5.82 Å². The number of nitrogens with zero attached hydrogens (tertiary/aromatic N) is 2. The number of aryl methyl sites for hydroxylation is 2. The maximum atomic E-state index is 5.76. The summed E-state index contributed by atoms with van der Waals surface area (Å²) in [6.45, 7) is 8.78. The van der Waals surface area contributed by atoms with E-state index in [1.807, 2.05) is 17.8 Å². The maximum Gasteiger partial charge on any atom is 0.146 e. The summed E-state index contributed by atoms with van der Waals surface area (Å²) in [5, 5.41) is 4.21. The molecule has 0 aliphatic heterocycles. The normalized spacial score (nSPS) is 11.8. The van der Waals surface area contributed by atoms with Gasteiger partial charge in [0.25, 0.3) is 0 Å². The Balaban J connectivity index is 2.60. The number of hydrogen-bond acceptors (Lipinski definition) is 2. The molecule has 0 saturated carbocycles. The Bertz CT molecular complexity index is 574. The van der Waals surface area contributed by atoms with Crippen LogP contribution in [0.25, 0.3) is 11.3 Å². The van der Waals surface area contributed by atoms with Crippen molar-refractivity contribution in [3.8, 4) is 11.3 Å². The fourth-order valence-corrected chi connectivity index (χ4v) is 2.11. The molecule has 96 valence electrons. The highest BCUT2D eigenvalue weighted by atomic mass is 15.3. The van der Waals surface area contributed by atoms with Crippen molar-refractivity contribution in [3.63, 3.8) is 0 Å².